The molecule has 0 bridgehead atoms. The average Bonchev–Trinajstić information content (AvgIpc) is 3.21. The number of carbonyl (C=O) groups is 4. The number of fused-ring (bicyclic) bond motifs is 1. The summed E-state index contributed by atoms with van der Waals surface area (Å²) in [7, 11) is 0. The Hall–Kier alpha value is -4.00. The maximum atomic E-state index is 12.9. The lowest BCUT2D eigenvalue weighted by atomic mass is 10.0. The van der Waals surface area contributed by atoms with Crippen molar-refractivity contribution in [3.63, 3.8) is 0 Å². The van der Waals surface area contributed by atoms with Crippen molar-refractivity contribution in [2.45, 2.75) is 19.8 Å². The third kappa shape index (κ3) is 2.97. The molecule has 0 unspecified atom stereocenters. The van der Waals surface area contributed by atoms with Crippen molar-refractivity contribution in [2.75, 3.05) is 23.3 Å². The Morgan fingerprint density at radius 1 is 0.812 bits per heavy atom. The van der Waals surface area contributed by atoms with Crippen LogP contribution in [-0.4, -0.2) is 41.6 Å². The third-order valence-corrected chi connectivity index (χ3v) is 5.97. The van der Waals surface area contributed by atoms with Gasteiger partial charge in [0.25, 0.3) is 17.7 Å². The second-order valence-electron chi connectivity index (χ2n) is 7.96. The number of amides is 4. The minimum absolute atomic E-state index is 0.0337. The fraction of sp³-hybridized carbons (Fsp3) is 0.200. The predicted octanol–water partition coefficient (Wildman–Crippen LogP) is 3.83. The highest BCUT2D eigenvalue weighted by Crippen LogP contribution is 2.40. The third-order valence-electron chi connectivity index (χ3n) is 5.97. The van der Waals surface area contributed by atoms with Crippen LogP contribution in [-0.2, 0) is 4.79 Å². The summed E-state index contributed by atoms with van der Waals surface area (Å²) in [5.74, 6) is -1.46. The van der Waals surface area contributed by atoms with E-state index < -0.39 is 17.7 Å². The molecule has 2 aliphatic rings. The Morgan fingerprint density at radius 3 is 2.16 bits per heavy atom. The van der Waals surface area contributed by atoms with E-state index in [1.54, 1.807) is 47.4 Å². The van der Waals surface area contributed by atoms with Crippen LogP contribution in [0.4, 0.5) is 11.4 Å². The fourth-order valence-corrected chi connectivity index (χ4v) is 4.41. The van der Waals surface area contributed by atoms with Crippen molar-refractivity contribution < 1.29 is 19.2 Å². The molecule has 0 radical (unpaired) electrons. The van der Waals surface area contributed by atoms with Crippen molar-refractivity contribution in [1.82, 2.24) is 4.90 Å². The fourth-order valence-electron chi connectivity index (χ4n) is 4.41. The van der Waals surface area contributed by atoms with Crippen LogP contribution in [0.15, 0.2) is 54.6 Å². The van der Waals surface area contributed by atoms with Crippen molar-refractivity contribution in [3.05, 3.63) is 71.3 Å². The van der Waals surface area contributed by atoms with Gasteiger partial charge in [0.05, 0.1) is 16.8 Å². The van der Waals surface area contributed by atoms with E-state index in [4.69, 9.17) is 0 Å². The summed E-state index contributed by atoms with van der Waals surface area (Å²) in [6, 6.07) is 15.6. The van der Waals surface area contributed by atoms with Gasteiger partial charge in [0.15, 0.2) is 0 Å². The Kier molecular flexibility index (Phi) is 4.74. The number of hydrogen-bond acceptors (Lipinski definition) is 4. The summed E-state index contributed by atoms with van der Waals surface area (Å²) in [5.41, 5.74) is 2.61. The van der Waals surface area contributed by atoms with E-state index in [0.29, 0.717) is 28.9 Å². The van der Waals surface area contributed by atoms with Crippen LogP contribution in [0.3, 0.4) is 0 Å². The quantitative estimate of drug-likeness (QED) is 0.606. The van der Waals surface area contributed by atoms with Gasteiger partial charge in [0, 0.05) is 28.6 Å². The van der Waals surface area contributed by atoms with Crippen molar-refractivity contribution in [2.24, 2.45) is 0 Å². The SMILES string of the molecule is CCCCN1C(=O)c2cccc3c(NC(=O)CN4C(=O)c5ccccc5C4=O)ccc1c23. The number of rotatable bonds is 6. The lowest BCUT2D eigenvalue weighted by Gasteiger charge is -2.18. The van der Waals surface area contributed by atoms with Gasteiger partial charge in [-0.05, 0) is 36.8 Å². The van der Waals surface area contributed by atoms with E-state index in [-0.39, 0.29) is 12.5 Å². The second kappa shape index (κ2) is 7.60. The van der Waals surface area contributed by atoms with Gasteiger partial charge in [-0.1, -0.05) is 37.6 Å². The molecule has 0 saturated heterocycles. The molecule has 0 saturated carbocycles. The molecule has 32 heavy (non-hydrogen) atoms. The van der Waals surface area contributed by atoms with Gasteiger partial charge in [0.1, 0.15) is 6.54 Å². The summed E-state index contributed by atoms with van der Waals surface area (Å²) in [5, 5.41) is 4.38. The molecule has 0 aliphatic carbocycles. The van der Waals surface area contributed by atoms with Crippen LogP contribution < -0.4 is 10.2 Å². The first-order valence-corrected chi connectivity index (χ1v) is 10.6. The van der Waals surface area contributed by atoms with Crippen LogP contribution >= 0.6 is 0 Å². The van der Waals surface area contributed by atoms with Gasteiger partial charge < -0.3 is 10.2 Å². The zero-order valence-electron chi connectivity index (χ0n) is 17.6. The van der Waals surface area contributed by atoms with Gasteiger partial charge in [-0.2, -0.15) is 0 Å². The van der Waals surface area contributed by atoms with Gasteiger partial charge in [-0.3, -0.25) is 24.1 Å². The highest BCUT2D eigenvalue weighted by Gasteiger charge is 2.36. The molecule has 7 nitrogen and oxygen atoms in total. The number of hydrogen-bond donors (Lipinski definition) is 1. The number of anilines is 2. The van der Waals surface area contributed by atoms with Gasteiger partial charge in [-0.25, -0.2) is 0 Å². The van der Waals surface area contributed by atoms with E-state index in [2.05, 4.69) is 12.2 Å². The molecule has 7 heteroatoms. The number of carbonyl (C=O) groups excluding carboxylic acids is 4. The average molecular weight is 427 g/mol. The summed E-state index contributed by atoms with van der Waals surface area (Å²) < 4.78 is 0. The van der Waals surface area contributed by atoms with E-state index >= 15 is 0 Å². The van der Waals surface area contributed by atoms with Crippen LogP contribution in [0.25, 0.3) is 10.8 Å². The molecule has 2 aliphatic heterocycles. The molecule has 0 atom stereocenters. The van der Waals surface area contributed by atoms with E-state index in [9.17, 15) is 19.2 Å². The maximum absolute atomic E-state index is 12.9. The van der Waals surface area contributed by atoms with Crippen molar-refractivity contribution >= 4 is 45.8 Å². The summed E-state index contributed by atoms with van der Waals surface area (Å²) in [4.78, 5) is 53.5. The zero-order valence-corrected chi connectivity index (χ0v) is 17.6. The lowest BCUT2D eigenvalue weighted by Crippen LogP contribution is -2.37. The molecule has 3 aromatic rings. The number of benzene rings is 3. The van der Waals surface area contributed by atoms with E-state index in [0.717, 1.165) is 34.2 Å². The van der Waals surface area contributed by atoms with E-state index in [1.807, 2.05) is 12.1 Å². The minimum atomic E-state index is -0.479. The van der Waals surface area contributed by atoms with Crippen LogP contribution in [0, 0.1) is 0 Å². The zero-order chi connectivity index (χ0) is 22.4. The molecule has 160 valence electrons. The Bertz CT molecular complexity index is 1280. The molecular weight excluding hydrogens is 406 g/mol. The highest BCUT2D eigenvalue weighted by atomic mass is 16.2. The number of unbranched alkanes of at least 4 members (excludes halogenated alkanes) is 1. The molecule has 0 spiro atoms. The number of imide groups is 1. The topological polar surface area (TPSA) is 86.8 Å². The first-order chi connectivity index (χ1) is 15.5. The molecular formula is C25H21N3O4. The Balaban J connectivity index is 1.41. The molecule has 4 amide bonds. The van der Waals surface area contributed by atoms with Crippen LogP contribution in [0.1, 0.15) is 50.8 Å². The molecule has 3 aromatic carbocycles. The summed E-state index contributed by atoms with van der Waals surface area (Å²) in [6.07, 6.45) is 1.88. The molecule has 5 rings (SSSR count). The first kappa shape index (κ1) is 19.9. The maximum Gasteiger partial charge on any atom is 0.262 e. The standard InChI is InChI=1S/C25H21N3O4/c1-2-3-13-27-20-12-11-19(17-9-6-10-18(22(17)20)25(27)32)26-21(29)14-28-23(30)15-7-4-5-8-16(15)24(28)31/h4-12H,2-3,13-14H2,1H3,(H,26,29). The van der Waals surface area contributed by atoms with Crippen molar-refractivity contribution in [1.29, 1.82) is 0 Å². The number of nitrogens with zero attached hydrogens (tertiary/aromatic N) is 2. The van der Waals surface area contributed by atoms with Crippen molar-refractivity contribution in [3.8, 4) is 0 Å². The molecule has 2 heterocycles. The van der Waals surface area contributed by atoms with E-state index in [1.165, 1.54) is 0 Å². The molecule has 0 aromatic heterocycles. The van der Waals surface area contributed by atoms with Gasteiger partial charge in [-0.15, -0.1) is 0 Å². The largest absolute Gasteiger partial charge is 0.324 e. The second-order valence-corrected chi connectivity index (χ2v) is 7.96. The smallest absolute Gasteiger partial charge is 0.262 e. The molecule has 1 N–H and O–H groups in total. The summed E-state index contributed by atoms with van der Waals surface area (Å²) >= 11 is 0. The number of nitrogens with one attached hydrogen (secondary N) is 1. The Morgan fingerprint density at radius 2 is 1.47 bits per heavy atom. The first-order valence-electron chi connectivity index (χ1n) is 10.6. The van der Waals surface area contributed by atoms with Crippen LogP contribution in [0.2, 0.25) is 0 Å². The monoisotopic (exact) mass is 427 g/mol. The van der Waals surface area contributed by atoms with Gasteiger partial charge in [0.2, 0.25) is 5.91 Å². The summed E-state index contributed by atoms with van der Waals surface area (Å²) in [6.45, 7) is 2.34. The highest BCUT2D eigenvalue weighted by molar-refractivity contribution is 6.27. The lowest BCUT2D eigenvalue weighted by molar-refractivity contribution is -0.116. The molecule has 0 fully saturated rings. The minimum Gasteiger partial charge on any atom is -0.324 e. The van der Waals surface area contributed by atoms with Crippen LogP contribution in [0.5, 0.6) is 0 Å². The Labute approximate surface area is 184 Å². The predicted molar refractivity (Wildman–Crippen MR) is 121 cm³/mol. The van der Waals surface area contributed by atoms with Gasteiger partial charge >= 0.3 is 0 Å². The normalized spacial score (nSPS) is 14.5.